The number of hydrogen-bond donors (Lipinski definition) is 1. The quantitative estimate of drug-likeness (QED) is 0.885. The Morgan fingerprint density at radius 2 is 2.12 bits per heavy atom. The Kier molecular flexibility index (Phi) is 3.35. The summed E-state index contributed by atoms with van der Waals surface area (Å²) in [6.45, 7) is 2.31. The van der Waals surface area contributed by atoms with E-state index in [9.17, 15) is 4.39 Å². The Balaban J connectivity index is 2.22. The van der Waals surface area contributed by atoms with Gasteiger partial charge in [0.2, 0.25) is 5.88 Å². The van der Waals surface area contributed by atoms with E-state index >= 15 is 0 Å². The molecule has 3 nitrogen and oxygen atoms in total. The van der Waals surface area contributed by atoms with Crippen LogP contribution in [0.4, 0.5) is 4.39 Å². The highest BCUT2D eigenvalue weighted by Crippen LogP contribution is 2.21. The Morgan fingerprint density at radius 3 is 2.76 bits per heavy atom. The normalized spacial score (nSPS) is 10.3. The second-order valence-electron chi connectivity index (χ2n) is 3.66. The standard InChI is InChI=1S/C13H13FN2O/c1-9-10(8-15)5-6-13(16-9)17-12-4-2-3-11(14)7-12/h2-7H,8,15H2,1H3. The number of rotatable bonds is 3. The van der Waals surface area contributed by atoms with Gasteiger partial charge in [0.15, 0.2) is 0 Å². The number of nitrogens with zero attached hydrogens (tertiary/aromatic N) is 1. The molecule has 2 N–H and O–H groups in total. The molecule has 0 aliphatic rings. The number of aromatic nitrogens is 1. The molecule has 0 saturated heterocycles. The van der Waals surface area contributed by atoms with Crippen molar-refractivity contribution < 1.29 is 9.13 Å². The van der Waals surface area contributed by atoms with E-state index in [1.807, 2.05) is 13.0 Å². The highest BCUT2D eigenvalue weighted by Gasteiger charge is 2.03. The average molecular weight is 232 g/mol. The zero-order valence-corrected chi connectivity index (χ0v) is 9.48. The minimum absolute atomic E-state index is 0.335. The Morgan fingerprint density at radius 1 is 1.29 bits per heavy atom. The van der Waals surface area contributed by atoms with E-state index in [1.165, 1.54) is 12.1 Å². The third-order valence-corrected chi connectivity index (χ3v) is 2.41. The summed E-state index contributed by atoms with van der Waals surface area (Å²) < 4.78 is 18.4. The van der Waals surface area contributed by atoms with Gasteiger partial charge in [-0.15, -0.1) is 0 Å². The minimum atomic E-state index is -0.335. The lowest BCUT2D eigenvalue weighted by atomic mass is 10.2. The summed E-state index contributed by atoms with van der Waals surface area (Å²) >= 11 is 0. The van der Waals surface area contributed by atoms with Crippen LogP contribution in [0.1, 0.15) is 11.3 Å². The van der Waals surface area contributed by atoms with Crippen molar-refractivity contribution in [3.05, 3.63) is 53.5 Å². The molecule has 0 saturated carbocycles. The van der Waals surface area contributed by atoms with Crippen molar-refractivity contribution >= 4 is 0 Å². The third-order valence-electron chi connectivity index (χ3n) is 2.41. The fourth-order valence-corrected chi connectivity index (χ4v) is 1.49. The van der Waals surface area contributed by atoms with Crippen molar-refractivity contribution in [1.29, 1.82) is 0 Å². The van der Waals surface area contributed by atoms with Crippen LogP contribution < -0.4 is 10.5 Å². The number of halogens is 1. The second kappa shape index (κ2) is 4.93. The predicted octanol–water partition coefficient (Wildman–Crippen LogP) is 2.78. The van der Waals surface area contributed by atoms with Gasteiger partial charge in [0.25, 0.3) is 0 Å². The van der Waals surface area contributed by atoms with Gasteiger partial charge < -0.3 is 10.5 Å². The van der Waals surface area contributed by atoms with Gasteiger partial charge in [-0.1, -0.05) is 12.1 Å². The lowest BCUT2D eigenvalue weighted by Gasteiger charge is -2.07. The topological polar surface area (TPSA) is 48.1 Å². The molecular weight excluding hydrogens is 219 g/mol. The monoisotopic (exact) mass is 232 g/mol. The number of benzene rings is 1. The minimum Gasteiger partial charge on any atom is -0.439 e. The highest BCUT2D eigenvalue weighted by atomic mass is 19.1. The summed E-state index contributed by atoms with van der Waals surface area (Å²) in [5, 5.41) is 0. The predicted molar refractivity (Wildman–Crippen MR) is 63.3 cm³/mol. The van der Waals surface area contributed by atoms with E-state index in [1.54, 1.807) is 18.2 Å². The first-order valence-electron chi connectivity index (χ1n) is 5.29. The molecule has 1 aromatic carbocycles. The van der Waals surface area contributed by atoms with Crippen LogP contribution in [-0.2, 0) is 6.54 Å². The molecule has 17 heavy (non-hydrogen) atoms. The number of ether oxygens (including phenoxy) is 1. The van der Waals surface area contributed by atoms with Gasteiger partial charge in [0.1, 0.15) is 11.6 Å². The molecule has 0 atom stereocenters. The van der Waals surface area contributed by atoms with Crippen LogP contribution in [-0.4, -0.2) is 4.98 Å². The van der Waals surface area contributed by atoms with Crippen molar-refractivity contribution in [2.24, 2.45) is 5.73 Å². The van der Waals surface area contributed by atoms with Crippen molar-refractivity contribution in [3.63, 3.8) is 0 Å². The van der Waals surface area contributed by atoms with Crippen LogP contribution in [0.2, 0.25) is 0 Å². The fraction of sp³-hybridized carbons (Fsp3) is 0.154. The maximum atomic E-state index is 13.0. The van der Waals surface area contributed by atoms with E-state index in [4.69, 9.17) is 10.5 Å². The molecule has 0 bridgehead atoms. The van der Waals surface area contributed by atoms with Crippen LogP contribution in [0.3, 0.4) is 0 Å². The molecule has 0 radical (unpaired) electrons. The smallest absolute Gasteiger partial charge is 0.219 e. The molecule has 1 heterocycles. The van der Waals surface area contributed by atoms with Crippen molar-refractivity contribution in [1.82, 2.24) is 4.98 Å². The van der Waals surface area contributed by atoms with Crippen molar-refractivity contribution in [3.8, 4) is 11.6 Å². The Bertz CT molecular complexity index is 529. The second-order valence-corrected chi connectivity index (χ2v) is 3.66. The van der Waals surface area contributed by atoms with Crippen LogP contribution in [0.15, 0.2) is 36.4 Å². The van der Waals surface area contributed by atoms with E-state index < -0.39 is 0 Å². The molecule has 2 aromatic rings. The molecule has 0 amide bonds. The molecule has 0 aliphatic heterocycles. The number of pyridine rings is 1. The molecule has 0 unspecified atom stereocenters. The molecule has 2 rings (SSSR count). The molecule has 0 fully saturated rings. The average Bonchev–Trinajstić information content (AvgIpc) is 2.29. The molecule has 4 heteroatoms. The van der Waals surface area contributed by atoms with Crippen LogP contribution >= 0.6 is 0 Å². The number of aryl methyl sites for hydroxylation is 1. The van der Waals surface area contributed by atoms with Gasteiger partial charge in [-0.2, -0.15) is 0 Å². The van der Waals surface area contributed by atoms with Gasteiger partial charge in [0.05, 0.1) is 0 Å². The summed E-state index contributed by atoms with van der Waals surface area (Å²) in [6.07, 6.45) is 0. The fourth-order valence-electron chi connectivity index (χ4n) is 1.49. The van der Waals surface area contributed by atoms with E-state index in [0.717, 1.165) is 11.3 Å². The zero-order chi connectivity index (χ0) is 12.3. The SMILES string of the molecule is Cc1nc(Oc2cccc(F)c2)ccc1CN. The molecule has 1 aromatic heterocycles. The van der Waals surface area contributed by atoms with Gasteiger partial charge in [-0.05, 0) is 24.6 Å². The number of nitrogens with two attached hydrogens (primary N) is 1. The largest absolute Gasteiger partial charge is 0.439 e. The van der Waals surface area contributed by atoms with Gasteiger partial charge in [-0.3, -0.25) is 0 Å². The number of hydrogen-bond acceptors (Lipinski definition) is 3. The first kappa shape index (κ1) is 11.5. The Labute approximate surface area is 99.1 Å². The summed E-state index contributed by atoms with van der Waals surface area (Å²) in [5.74, 6) is 0.528. The maximum absolute atomic E-state index is 13.0. The van der Waals surface area contributed by atoms with Crippen LogP contribution in [0, 0.1) is 12.7 Å². The van der Waals surface area contributed by atoms with Crippen molar-refractivity contribution in [2.45, 2.75) is 13.5 Å². The first-order valence-corrected chi connectivity index (χ1v) is 5.29. The summed E-state index contributed by atoms with van der Waals surface area (Å²) in [4.78, 5) is 4.24. The molecule has 0 spiro atoms. The third kappa shape index (κ3) is 2.79. The van der Waals surface area contributed by atoms with Crippen LogP contribution in [0.5, 0.6) is 11.6 Å². The molecule has 88 valence electrons. The summed E-state index contributed by atoms with van der Waals surface area (Å²) in [5.41, 5.74) is 7.33. The highest BCUT2D eigenvalue weighted by molar-refractivity contribution is 5.30. The van der Waals surface area contributed by atoms with Gasteiger partial charge >= 0.3 is 0 Å². The molecule has 0 aliphatic carbocycles. The van der Waals surface area contributed by atoms with Crippen LogP contribution in [0.25, 0.3) is 0 Å². The van der Waals surface area contributed by atoms with E-state index in [2.05, 4.69) is 4.98 Å². The zero-order valence-electron chi connectivity index (χ0n) is 9.48. The van der Waals surface area contributed by atoms with E-state index in [0.29, 0.717) is 18.2 Å². The summed E-state index contributed by atoms with van der Waals surface area (Å²) in [7, 11) is 0. The van der Waals surface area contributed by atoms with E-state index in [-0.39, 0.29) is 5.82 Å². The Hall–Kier alpha value is -1.94. The maximum Gasteiger partial charge on any atom is 0.219 e. The lowest BCUT2D eigenvalue weighted by molar-refractivity contribution is 0.456. The van der Waals surface area contributed by atoms with Gasteiger partial charge in [-0.25, -0.2) is 9.37 Å². The van der Waals surface area contributed by atoms with Gasteiger partial charge in [0, 0.05) is 24.4 Å². The molecular formula is C13H13FN2O. The summed E-state index contributed by atoms with van der Waals surface area (Å²) in [6, 6.07) is 9.52. The lowest BCUT2D eigenvalue weighted by Crippen LogP contribution is -2.01. The van der Waals surface area contributed by atoms with Crippen molar-refractivity contribution in [2.75, 3.05) is 0 Å². The first-order chi connectivity index (χ1) is 8.19.